The molecule has 0 aliphatic heterocycles. The van der Waals surface area contributed by atoms with Gasteiger partial charge in [-0.3, -0.25) is 4.78 Å². The van der Waals surface area contributed by atoms with E-state index < -0.39 is 14.5 Å². The van der Waals surface area contributed by atoms with Crippen molar-refractivity contribution >= 4 is 26.6 Å². The summed E-state index contributed by atoms with van der Waals surface area (Å²) in [5.74, 6) is 0.794. The minimum absolute atomic E-state index is 0.320. The van der Waals surface area contributed by atoms with Crippen molar-refractivity contribution < 1.29 is 4.21 Å². The van der Waals surface area contributed by atoms with Gasteiger partial charge in [-0.15, -0.1) is 0 Å². The average molecular weight is 328 g/mol. The van der Waals surface area contributed by atoms with Crippen LogP contribution in [0.25, 0.3) is 22.4 Å². The molecule has 1 fully saturated rings. The molecule has 0 radical (unpaired) electrons. The largest absolute Gasteiger partial charge is 0.384 e. The summed E-state index contributed by atoms with van der Waals surface area (Å²) in [6.45, 7) is 0. The first-order valence-electron chi connectivity index (χ1n) is 7.22. The Labute approximate surface area is 133 Å². The van der Waals surface area contributed by atoms with E-state index in [9.17, 15) is 4.21 Å². The van der Waals surface area contributed by atoms with Gasteiger partial charge in [0.05, 0.1) is 20.2 Å². The van der Waals surface area contributed by atoms with E-state index in [0.29, 0.717) is 30.2 Å². The number of aromatic amines is 1. The molecule has 0 spiro atoms. The van der Waals surface area contributed by atoms with Crippen LogP contribution in [0, 0.1) is 4.78 Å². The molecule has 3 aromatic rings. The molecule has 7 nitrogen and oxygen atoms in total. The normalized spacial score (nSPS) is 18.7. The lowest BCUT2D eigenvalue weighted by Crippen LogP contribution is -2.20. The highest BCUT2D eigenvalue weighted by Crippen LogP contribution is 2.52. The highest BCUT2D eigenvalue weighted by molar-refractivity contribution is 7.92. The fraction of sp³-hybridized carbons (Fsp3) is 0.267. The summed E-state index contributed by atoms with van der Waals surface area (Å²) < 4.78 is 19.7. The number of fused-ring (bicyclic) bond motifs is 1. The van der Waals surface area contributed by atoms with E-state index in [-0.39, 0.29) is 0 Å². The summed E-state index contributed by atoms with van der Waals surface area (Å²) in [5, 5.41) is 0.900. The van der Waals surface area contributed by atoms with Gasteiger partial charge >= 0.3 is 0 Å². The third-order valence-corrected chi connectivity index (χ3v) is 6.47. The van der Waals surface area contributed by atoms with Crippen LogP contribution in [0.1, 0.15) is 18.5 Å². The van der Waals surface area contributed by atoms with Gasteiger partial charge in [-0.2, -0.15) is 0 Å². The molecule has 4 N–H and O–H groups in total. The summed E-state index contributed by atoms with van der Waals surface area (Å²) in [7, 11) is -2.76. The van der Waals surface area contributed by atoms with Crippen LogP contribution in [0.4, 0.5) is 5.82 Å². The van der Waals surface area contributed by atoms with E-state index >= 15 is 0 Å². The minimum atomic E-state index is -2.76. The van der Waals surface area contributed by atoms with Crippen molar-refractivity contribution in [3.8, 4) is 11.4 Å². The zero-order valence-corrected chi connectivity index (χ0v) is 13.4. The number of anilines is 1. The van der Waals surface area contributed by atoms with Gasteiger partial charge in [-0.05, 0) is 25.0 Å². The SMILES string of the molecule is CS(=N)(=O)C1(c2cc(N)nc(-c3ccnc4[nH]ccc34)n2)CC1. The van der Waals surface area contributed by atoms with Crippen LogP contribution in [0.5, 0.6) is 0 Å². The van der Waals surface area contributed by atoms with E-state index in [2.05, 4.69) is 19.9 Å². The van der Waals surface area contributed by atoms with Crippen LogP contribution in [-0.4, -0.2) is 30.4 Å². The van der Waals surface area contributed by atoms with Crippen molar-refractivity contribution in [3.63, 3.8) is 0 Å². The smallest absolute Gasteiger partial charge is 0.162 e. The average Bonchev–Trinajstić information content (AvgIpc) is 3.18. The Morgan fingerprint density at radius 1 is 1.35 bits per heavy atom. The highest BCUT2D eigenvalue weighted by atomic mass is 32.2. The standard InChI is InChI=1S/C15H16N6OS/c1-23(17,22)15(4-5-15)11-8-12(16)21-14(20-11)10-3-7-19-13-9(10)2-6-18-13/h2-3,6-8,17H,4-5H2,1H3,(H,18,19)(H2,16,20,21). The van der Waals surface area contributed by atoms with E-state index in [1.807, 2.05) is 12.1 Å². The number of aromatic nitrogens is 4. The number of nitrogen functional groups attached to an aromatic ring is 1. The van der Waals surface area contributed by atoms with Crippen LogP contribution in [0.3, 0.4) is 0 Å². The van der Waals surface area contributed by atoms with Gasteiger partial charge in [0.25, 0.3) is 0 Å². The highest BCUT2D eigenvalue weighted by Gasteiger charge is 2.52. The van der Waals surface area contributed by atoms with E-state index in [1.165, 1.54) is 6.26 Å². The van der Waals surface area contributed by atoms with E-state index in [0.717, 1.165) is 16.6 Å². The van der Waals surface area contributed by atoms with Crippen molar-refractivity contribution in [1.82, 2.24) is 19.9 Å². The number of hydrogen-bond donors (Lipinski definition) is 3. The van der Waals surface area contributed by atoms with Crippen LogP contribution in [-0.2, 0) is 14.5 Å². The number of nitrogens with two attached hydrogens (primary N) is 1. The maximum atomic E-state index is 12.4. The Morgan fingerprint density at radius 3 is 2.83 bits per heavy atom. The van der Waals surface area contributed by atoms with Crippen LogP contribution < -0.4 is 5.73 Å². The Hall–Kier alpha value is -2.48. The van der Waals surface area contributed by atoms with Crippen LogP contribution in [0.2, 0.25) is 0 Å². The van der Waals surface area contributed by atoms with E-state index in [1.54, 1.807) is 18.5 Å². The second kappa shape index (κ2) is 4.51. The topological polar surface area (TPSA) is 121 Å². The van der Waals surface area contributed by atoms with Gasteiger partial charge in [0.1, 0.15) is 11.5 Å². The van der Waals surface area contributed by atoms with Gasteiger partial charge in [-0.25, -0.2) is 19.2 Å². The molecule has 1 aliphatic rings. The first-order valence-corrected chi connectivity index (χ1v) is 9.18. The summed E-state index contributed by atoms with van der Waals surface area (Å²) in [6.07, 6.45) is 6.34. The molecule has 3 aromatic heterocycles. The number of H-pyrrole nitrogens is 1. The summed E-state index contributed by atoms with van der Waals surface area (Å²) >= 11 is 0. The van der Waals surface area contributed by atoms with Crippen molar-refractivity contribution in [2.45, 2.75) is 17.6 Å². The molecule has 3 heterocycles. The Bertz CT molecular complexity index is 1020. The lowest BCUT2D eigenvalue weighted by Gasteiger charge is -2.16. The van der Waals surface area contributed by atoms with Crippen LogP contribution in [0.15, 0.2) is 30.6 Å². The van der Waals surface area contributed by atoms with Crippen molar-refractivity contribution in [3.05, 3.63) is 36.3 Å². The molecule has 0 amide bonds. The molecular weight excluding hydrogens is 312 g/mol. The molecule has 0 saturated heterocycles. The lowest BCUT2D eigenvalue weighted by atomic mass is 10.1. The number of nitrogens with zero attached hydrogens (tertiary/aromatic N) is 3. The third-order valence-electron chi connectivity index (χ3n) is 4.36. The second-order valence-corrected chi connectivity index (χ2v) is 8.41. The number of rotatable bonds is 3. The number of hydrogen-bond acceptors (Lipinski definition) is 6. The first-order chi connectivity index (χ1) is 10.9. The van der Waals surface area contributed by atoms with Crippen molar-refractivity contribution in [2.75, 3.05) is 12.0 Å². The zero-order chi connectivity index (χ0) is 16.2. The molecular formula is C15H16N6OS. The van der Waals surface area contributed by atoms with Gasteiger partial charge in [0, 0.05) is 35.7 Å². The van der Waals surface area contributed by atoms with E-state index in [4.69, 9.17) is 10.5 Å². The first kappa shape index (κ1) is 14.1. The van der Waals surface area contributed by atoms with Gasteiger partial charge in [0.2, 0.25) is 0 Å². The zero-order valence-electron chi connectivity index (χ0n) is 12.5. The molecule has 1 atom stereocenters. The molecule has 1 aliphatic carbocycles. The summed E-state index contributed by atoms with van der Waals surface area (Å²) in [6, 6.07) is 5.38. The van der Waals surface area contributed by atoms with Crippen molar-refractivity contribution in [2.24, 2.45) is 0 Å². The Morgan fingerprint density at radius 2 is 2.13 bits per heavy atom. The third kappa shape index (κ3) is 2.09. The monoisotopic (exact) mass is 328 g/mol. The van der Waals surface area contributed by atoms with Gasteiger partial charge in [0.15, 0.2) is 5.82 Å². The maximum absolute atomic E-state index is 12.4. The maximum Gasteiger partial charge on any atom is 0.162 e. The number of nitrogens with one attached hydrogen (secondary N) is 2. The quantitative estimate of drug-likeness (QED) is 0.681. The molecule has 23 heavy (non-hydrogen) atoms. The Balaban J connectivity index is 1.94. The molecule has 1 saturated carbocycles. The predicted octanol–water partition coefficient (Wildman–Crippen LogP) is 2.27. The minimum Gasteiger partial charge on any atom is -0.384 e. The molecule has 1 unspecified atom stereocenters. The molecule has 0 bridgehead atoms. The fourth-order valence-corrected chi connectivity index (χ4v) is 4.32. The Kier molecular flexibility index (Phi) is 2.77. The molecule has 0 aromatic carbocycles. The molecule has 118 valence electrons. The number of pyridine rings is 1. The van der Waals surface area contributed by atoms with Crippen LogP contribution >= 0.6 is 0 Å². The van der Waals surface area contributed by atoms with Gasteiger partial charge in [-0.1, -0.05) is 0 Å². The molecule has 8 heteroatoms. The molecule has 4 rings (SSSR count). The summed E-state index contributed by atoms with van der Waals surface area (Å²) in [4.78, 5) is 16.2. The second-order valence-electron chi connectivity index (χ2n) is 5.94. The van der Waals surface area contributed by atoms with Gasteiger partial charge < -0.3 is 10.7 Å². The van der Waals surface area contributed by atoms with Crippen molar-refractivity contribution in [1.29, 1.82) is 4.78 Å². The predicted molar refractivity (Wildman–Crippen MR) is 89.2 cm³/mol. The fourth-order valence-electron chi connectivity index (χ4n) is 2.93. The summed E-state index contributed by atoms with van der Waals surface area (Å²) in [5.41, 5.74) is 8.11. The lowest BCUT2D eigenvalue weighted by molar-refractivity contribution is 0.663.